The van der Waals surface area contributed by atoms with E-state index in [1.807, 2.05) is 33.5 Å². The van der Waals surface area contributed by atoms with Crippen molar-refractivity contribution in [3.05, 3.63) is 11.3 Å². The van der Waals surface area contributed by atoms with Gasteiger partial charge in [-0.25, -0.2) is 4.79 Å². The largest absolute Gasteiger partial charge is 0.540 e. The first-order valence-electron chi connectivity index (χ1n) is 4.81. The van der Waals surface area contributed by atoms with Gasteiger partial charge in [-0.1, -0.05) is 0 Å². The molecule has 14 heavy (non-hydrogen) atoms. The highest BCUT2D eigenvalue weighted by atomic mass is 28.4. The molecule has 3 nitrogen and oxygen atoms in total. The fraction of sp³-hybridized carbons (Fsp3) is 0.700. The quantitative estimate of drug-likeness (QED) is 0.314. The summed E-state index contributed by atoms with van der Waals surface area (Å²) in [5.41, 5.74) is 0.867. The topological polar surface area (TPSA) is 35.5 Å². The van der Waals surface area contributed by atoms with Crippen molar-refractivity contribution >= 4 is 14.3 Å². The number of esters is 1. The van der Waals surface area contributed by atoms with Crippen molar-refractivity contribution in [2.24, 2.45) is 0 Å². The molecule has 82 valence electrons. The van der Waals surface area contributed by atoms with Crippen LogP contribution in [0.15, 0.2) is 11.3 Å². The van der Waals surface area contributed by atoms with Gasteiger partial charge in [0.05, 0.1) is 6.61 Å². The van der Waals surface area contributed by atoms with Gasteiger partial charge in [-0.15, -0.1) is 0 Å². The van der Waals surface area contributed by atoms with Crippen LogP contribution in [0.4, 0.5) is 0 Å². The Morgan fingerprint density at radius 2 is 1.71 bits per heavy atom. The highest BCUT2D eigenvalue weighted by Crippen LogP contribution is 2.15. The fourth-order valence-corrected chi connectivity index (χ4v) is 1.75. The summed E-state index contributed by atoms with van der Waals surface area (Å²) in [4.78, 5) is 11.5. The van der Waals surface area contributed by atoms with E-state index in [2.05, 4.69) is 0 Å². The molecule has 4 heteroatoms. The molecule has 0 aliphatic carbocycles. The SMILES string of the molecule is CCOC(=O)C(O[Si](C)(C)C)=C(C)C. The zero-order valence-electron chi connectivity index (χ0n) is 9.93. The number of carbonyl (C=O) groups excluding carboxylic acids is 1. The molecule has 0 aliphatic heterocycles. The second-order valence-corrected chi connectivity index (χ2v) is 8.69. The molecule has 0 aliphatic rings. The molecule has 0 rings (SSSR count). The van der Waals surface area contributed by atoms with Gasteiger partial charge in [0.15, 0.2) is 5.76 Å². The van der Waals surface area contributed by atoms with Crippen LogP contribution in [-0.2, 0) is 14.0 Å². The Morgan fingerprint density at radius 3 is 2.00 bits per heavy atom. The fourth-order valence-electron chi connectivity index (χ4n) is 0.851. The van der Waals surface area contributed by atoms with E-state index in [0.29, 0.717) is 12.4 Å². The number of hydrogen-bond donors (Lipinski definition) is 0. The van der Waals surface area contributed by atoms with Gasteiger partial charge >= 0.3 is 5.97 Å². The van der Waals surface area contributed by atoms with Crippen molar-refractivity contribution in [3.63, 3.8) is 0 Å². The Kier molecular flexibility index (Phi) is 4.91. The number of rotatable bonds is 4. The lowest BCUT2D eigenvalue weighted by atomic mass is 10.3. The van der Waals surface area contributed by atoms with Gasteiger partial charge in [-0.3, -0.25) is 0 Å². The molecule has 0 spiro atoms. The summed E-state index contributed by atoms with van der Waals surface area (Å²) in [5, 5.41) is 0. The molecule has 0 saturated carbocycles. The second kappa shape index (κ2) is 5.19. The van der Waals surface area contributed by atoms with Crippen LogP contribution in [0.1, 0.15) is 20.8 Å². The first kappa shape index (κ1) is 13.2. The van der Waals surface area contributed by atoms with Crippen molar-refractivity contribution in [2.75, 3.05) is 6.61 Å². The molecule has 0 N–H and O–H groups in total. The van der Waals surface area contributed by atoms with Gasteiger partial charge in [0, 0.05) is 0 Å². The van der Waals surface area contributed by atoms with Crippen LogP contribution in [0.3, 0.4) is 0 Å². The van der Waals surface area contributed by atoms with Crippen LogP contribution >= 0.6 is 0 Å². The van der Waals surface area contributed by atoms with E-state index in [4.69, 9.17) is 9.16 Å². The van der Waals surface area contributed by atoms with Gasteiger partial charge in [0.25, 0.3) is 0 Å². The second-order valence-electron chi connectivity index (χ2n) is 4.26. The average Bonchev–Trinajstić information content (AvgIpc) is 1.98. The van der Waals surface area contributed by atoms with Gasteiger partial charge in [-0.2, -0.15) is 0 Å². The molecule has 0 fully saturated rings. The Labute approximate surface area is 87.2 Å². The van der Waals surface area contributed by atoms with E-state index < -0.39 is 8.32 Å². The highest BCUT2D eigenvalue weighted by molar-refractivity contribution is 6.70. The Hall–Kier alpha value is -0.773. The van der Waals surface area contributed by atoms with Crippen LogP contribution in [0.2, 0.25) is 19.6 Å². The first-order valence-corrected chi connectivity index (χ1v) is 8.22. The van der Waals surface area contributed by atoms with Gasteiger partial charge in [-0.05, 0) is 46.0 Å². The number of ether oxygens (including phenoxy) is 1. The van der Waals surface area contributed by atoms with Crippen molar-refractivity contribution in [2.45, 2.75) is 40.4 Å². The van der Waals surface area contributed by atoms with Crippen LogP contribution in [0, 0.1) is 0 Å². The number of allylic oxidation sites excluding steroid dienone is 1. The maximum Gasteiger partial charge on any atom is 0.372 e. The van der Waals surface area contributed by atoms with E-state index in [0.717, 1.165) is 5.57 Å². The minimum absolute atomic E-state index is 0.352. The Balaban J connectivity index is 4.65. The Morgan fingerprint density at radius 1 is 1.21 bits per heavy atom. The lowest BCUT2D eigenvalue weighted by Gasteiger charge is -2.21. The van der Waals surface area contributed by atoms with E-state index in [1.165, 1.54) is 0 Å². The van der Waals surface area contributed by atoms with Crippen molar-refractivity contribution in [3.8, 4) is 0 Å². The van der Waals surface area contributed by atoms with Crippen LogP contribution in [-0.4, -0.2) is 20.9 Å². The minimum Gasteiger partial charge on any atom is -0.540 e. The molecule has 0 heterocycles. The summed E-state index contributed by atoms with van der Waals surface area (Å²) >= 11 is 0. The van der Waals surface area contributed by atoms with Crippen molar-refractivity contribution in [1.82, 2.24) is 0 Å². The lowest BCUT2D eigenvalue weighted by molar-refractivity contribution is -0.141. The van der Waals surface area contributed by atoms with E-state index >= 15 is 0 Å². The lowest BCUT2D eigenvalue weighted by Crippen LogP contribution is -2.28. The highest BCUT2D eigenvalue weighted by Gasteiger charge is 2.23. The summed E-state index contributed by atoms with van der Waals surface area (Å²) in [6.45, 7) is 12.0. The molecular formula is C10H20O3Si. The zero-order valence-corrected chi connectivity index (χ0v) is 10.9. The van der Waals surface area contributed by atoms with Crippen molar-refractivity contribution in [1.29, 1.82) is 0 Å². The minimum atomic E-state index is -1.73. The average molecular weight is 216 g/mol. The van der Waals surface area contributed by atoms with Crippen molar-refractivity contribution < 1.29 is 14.0 Å². The molecule has 0 bridgehead atoms. The van der Waals surface area contributed by atoms with Crippen LogP contribution < -0.4 is 0 Å². The molecular weight excluding hydrogens is 196 g/mol. The summed E-state index contributed by atoms with van der Waals surface area (Å²) in [7, 11) is -1.73. The standard InChI is InChI=1S/C10H20O3Si/c1-7-12-10(11)9(8(2)3)13-14(4,5)6/h7H2,1-6H3. The first-order chi connectivity index (χ1) is 6.28. The molecule has 0 radical (unpaired) electrons. The van der Waals surface area contributed by atoms with Crippen LogP contribution in [0.25, 0.3) is 0 Å². The maximum atomic E-state index is 11.5. The zero-order chi connectivity index (χ0) is 11.4. The van der Waals surface area contributed by atoms with Gasteiger partial charge in [0.1, 0.15) is 0 Å². The molecule has 0 unspecified atom stereocenters. The summed E-state index contributed by atoms with van der Waals surface area (Å²) < 4.78 is 10.6. The monoisotopic (exact) mass is 216 g/mol. The molecule has 0 atom stereocenters. The summed E-state index contributed by atoms with van der Waals surface area (Å²) in [5.74, 6) is 0.0286. The Bertz CT molecular complexity index is 234. The van der Waals surface area contributed by atoms with E-state index in [9.17, 15) is 4.79 Å². The predicted molar refractivity (Wildman–Crippen MR) is 59.4 cm³/mol. The molecule has 0 amide bonds. The van der Waals surface area contributed by atoms with E-state index in [1.54, 1.807) is 6.92 Å². The van der Waals surface area contributed by atoms with Gasteiger partial charge < -0.3 is 9.16 Å². The summed E-state index contributed by atoms with van der Waals surface area (Å²) in [6.07, 6.45) is 0. The van der Waals surface area contributed by atoms with E-state index in [-0.39, 0.29) is 5.97 Å². The smallest absolute Gasteiger partial charge is 0.372 e. The third-order valence-corrected chi connectivity index (χ3v) is 2.14. The molecule has 0 aromatic heterocycles. The predicted octanol–water partition coefficient (Wildman–Crippen LogP) is 2.69. The summed E-state index contributed by atoms with van der Waals surface area (Å²) in [6, 6.07) is 0. The number of carbonyl (C=O) groups is 1. The third kappa shape index (κ3) is 5.06. The van der Waals surface area contributed by atoms with Crippen LogP contribution in [0.5, 0.6) is 0 Å². The molecule has 0 saturated heterocycles. The van der Waals surface area contributed by atoms with Gasteiger partial charge in [0.2, 0.25) is 8.32 Å². The molecule has 0 aromatic rings. The maximum absolute atomic E-state index is 11.5. The molecule has 0 aromatic carbocycles. The normalized spacial score (nSPS) is 10.7. The number of hydrogen-bond acceptors (Lipinski definition) is 3. The third-order valence-electron chi connectivity index (χ3n) is 1.32.